The summed E-state index contributed by atoms with van der Waals surface area (Å²) in [5, 5.41) is 0. The Morgan fingerprint density at radius 3 is 2.65 bits per heavy atom. The minimum Gasteiger partial charge on any atom is -0.371 e. The van der Waals surface area contributed by atoms with Crippen LogP contribution in [-0.2, 0) is 0 Å². The molecular weight excluding hydrogens is 314 g/mol. The lowest BCUT2D eigenvalue weighted by Crippen LogP contribution is -2.26. The average Bonchev–Trinajstić information content (AvgIpc) is 2.63. The first-order valence-corrected chi connectivity index (χ1v) is 8.21. The maximum Gasteiger partial charge on any atom is 0.152 e. The Morgan fingerprint density at radius 2 is 2.00 bits per heavy atom. The van der Waals surface area contributed by atoms with Gasteiger partial charge in [-0.3, -0.25) is 4.79 Å². The molecule has 1 unspecified atom stereocenters. The Morgan fingerprint density at radius 1 is 1.25 bits per heavy atom. The number of anilines is 1. The van der Waals surface area contributed by atoms with E-state index in [9.17, 15) is 4.79 Å². The second-order valence-electron chi connectivity index (χ2n) is 6.80. The van der Waals surface area contributed by atoms with Crippen molar-refractivity contribution in [3.8, 4) is 0 Å². The Balaban J connectivity index is 2.17. The summed E-state index contributed by atoms with van der Waals surface area (Å²) < 4.78 is 0.964. The van der Waals surface area contributed by atoms with E-state index in [1.54, 1.807) is 0 Å². The molecule has 0 saturated carbocycles. The number of carbonyl (C=O) groups is 1. The third-order valence-electron chi connectivity index (χ3n) is 4.41. The molecule has 2 nitrogen and oxygen atoms in total. The van der Waals surface area contributed by atoms with E-state index in [-0.39, 0.29) is 0 Å². The highest BCUT2D eigenvalue weighted by atomic mass is 79.9. The molecule has 0 aromatic heterocycles. The maximum absolute atomic E-state index is 11.3. The van der Waals surface area contributed by atoms with Crippen LogP contribution in [-0.4, -0.2) is 19.4 Å². The normalized spacial score (nSPS) is 20.6. The molecule has 1 atom stereocenters. The molecule has 1 aromatic rings. The largest absolute Gasteiger partial charge is 0.371 e. The molecule has 1 heterocycles. The SMILES string of the molecule is CC(C)(C)C1CCCN(c2ccc(Br)cc2C=O)CC1. The number of benzene rings is 1. The van der Waals surface area contributed by atoms with Crippen LogP contribution in [0.1, 0.15) is 50.4 Å². The van der Waals surface area contributed by atoms with Crippen LogP contribution < -0.4 is 4.90 Å². The predicted molar refractivity (Wildman–Crippen MR) is 88.5 cm³/mol. The first-order valence-electron chi connectivity index (χ1n) is 7.41. The fraction of sp³-hybridized carbons (Fsp3) is 0.588. The molecule has 1 fully saturated rings. The van der Waals surface area contributed by atoms with Crippen molar-refractivity contribution < 1.29 is 4.79 Å². The lowest BCUT2D eigenvalue weighted by Gasteiger charge is -2.30. The number of carbonyl (C=O) groups excluding carboxylic acids is 1. The van der Waals surface area contributed by atoms with E-state index in [0.29, 0.717) is 5.41 Å². The van der Waals surface area contributed by atoms with Gasteiger partial charge < -0.3 is 4.90 Å². The number of hydrogen-bond acceptors (Lipinski definition) is 2. The van der Waals surface area contributed by atoms with Crippen molar-refractivity contribution in [3.63, 3.8) is 0 Å². The van der Waals surface area contributed by atoms with E-state index in [0.717, 1.165) is 41.0 Å². The van der Waals surface area contributed by atoms with Crippen LogP contribution in [0.3, 0.4) is 0 Å². The van der Waals surface area contributed by atoms with Crippen LogP contribution in [0.4, 0.5) is 5.69 Å². The van der Waals surface area contributed by atoms with Gasteiger partial charge in [-0.05, 0) is 48.8 Å². The van der Waals surface area contributed by atoms with Crippen molar-refractivity contribution in [1.82, 2.24) is 0 Å². The van der Waals surface area contributed by atoms with Crippen molar-refractivity contribution >= 4 is 27.9 Å². The van der Waals surface area contributed by atoms with Crippen molar-refractivity contribution in [3.05, 3.63) is 28.2 Å². The van der Waals surface area contributed by atoms with Gasteiger partial charge in [-0.2, -0.15) is 0 Å². The zero-order valence-corrected chi connectivity index (χ0v) is 14.2. The number of hydrogen-bond donors (Lipinski definition) is 0. The van der Waals surface area contributed by atoms with Gasteiger partial charge in [-0.15, -0.1) is 0 Å². The molecule has 1 saturated heterocycles. The molecule has 20 heavy (non-hydrogen) atoms. The summed E-state index contributed by atoms with van der Waals surface area (Å²) in [4.78, 5) is 13.7. The Bertz CT molecular complexity index is 478. The van der Waals surface area contributed by atoms with Crippen molar-refractivity contribution in [1.29, 1.82) is 0 Å². The van der Waals surface area contributed by atoms with Crippen LogP contribution in [0.2, 0.25) is 0 Å². The van der Waals surface area contributed by atoms with Crippen molar-refractivity contribution in [2.45, 2.75) is 40.0 Å². The summed E-state index contributed by atoms with van der Waals surface area (Å²) in [7, 11) is 0. The summed E-state index contributed by atoms with van der Waals surface area (Å²) in [6.45, 7) is 9.11. The number of rotatable bonds is 2. The van der Waals surface area contributed by atoms with Crippen molar-refractivity contribution in [2.24, 2.45) is 11.3 Å². The molecule has 0 bridgehead atoms. The minimum absolute atomic E-state index is 0.378. The molecule has 1 aromatic carbocycles. The molecule has 0 aliphatic carbocycles. The zero-order chi connectivity index (χ0) is 14.8. The lowest BCUT2D eigenvalue weighted by molar-refractivity contribution is 0.112. The van der Waals surface area contributed by atoms with Gasteiger partial charge in [0.15, 0.2) is 6.29 Å². The highest BCUT2D eigenvalue weighted by Crippen LogP contribution is 2.35. The van der Waals surface area contributed by atoms with Gasteiger partial charge in [0.2, 0.25) is 0 Å². The smallest absolute Gasteiger partial charge is 0.152 e. The fourth-order valence-electron chi connectivity index (χ4n) is 3.11. The molecule has 0 N–H and O–H groups in total. The van der Waals surface area contributed by atoms with Gasteiger partial charge in [0.1, 0.15) is 0 Å². The molecule has 0 amide bonds. The van der Waals surface area contributed by atoms with Crippen molar-refractivity contribution in [2.75, 3.05) is 18.0 Å². The lowest BCUT2D eigenvalue weighted by atomic mass is 9.77. The zero-order valence-electron chi connectivity index (χ0n) is 12.7. The van der Waals surface area contributed by atoms with Crippen LogP contribution >= 0.6 is 15.9 Å². The number of nitrogens with zero attached hydrogens (tertiary/aromatic N) is 1. The van der Waals surface area contributed by atoms with Gasteiger partial charge in [-0.25, -0.2) is 0 Å². The number of halogens is 1. The Labute approximate surface area is 130 Å². The molecule has 3 heteroatoms. The first-order chi connectivity index (χ1) is 9.41. The van der Waals surface area contributed by atoms with E-state index in [1.807, 2.05) is 12.1 Å². The van der Waals surface area contributed by atoms with E-state index in [2.05, 4.69) is 47.7 Å². The molecule has 0 spiro atoms. The summed E-state index contributed by atoms with van der Waals surface area (Å²) in [6, 6.07) is 5.99. The Kier molecular flexibility index (Phi) is 4.90. The van der Waals surface area contributed by atoms with Gasteiger partial charge in [-0.1, -0.05) is 36.7 Å². The van der Waals surface area contributed by atoms with E-state index < -0.39 is 0 Å². The van der Waals surface area contributed by atoms with Crippen LogP contribution in [0.25, 0.3) is 0 Å². The molecule has 2 rings (SSSR count). The maximum atomic E-state index is 11.3. The average molecular weight is 338 g/mol. The van der Waals surface area contributed by atoms with Gasteiger partial charge in [0, 0.05) is 28.8 Å². The molecule has 1 aliphatic heterocycles. The summed E-state index contributed by atoms with van der Waals surface area (Å²) in [5.41, 5.74) is 2.25. The van der Waals surface area contributed by atoms with E-state index in [4.69, 9.17) is 0 Å². The van der Waals surface area contributed by atoms with Crippen LogP contribution in [0.5, 0.6) is 0 Å². The second kappa shape index (κ2) is 6.30. The highest BCUT2D eigenvalue weighted by Gasteiger charge is 2.27. The molecule has 1 aliphatic rings. The predicted octanol–water partition coefficient (Wildman–Crippen LogP) is 4.91. The van der Waals surface area contributed by atoms with Gasteiger partial charge in [0.25, 0.3) is 0 Å². The molecule has 110 valence electrons. The second-order valence-corrected chi connectivity index (χ2v) is 7.72. The third kappa shape index (κ3) is 3.63. The number of aldehydes is 1. The summed E-state index contributed by atoms with van der Waals surface area (Å²) in [6.07, 6.45) is 4.66. The molecule has 0 radical (unpaired) electrons. The summed E-state index contributed by atoms with van der Waals surface area (Å²) in [5.74, 6) is 0.766. The summed E-state index contributed by atoms with van der Waals surface area (Å²) >= 11 is 3.43. The van der Waals surface area contributed by atoms with Gasteiger partial charge >= 0.3 is 0 Å². The first kappa shape index (κ1) is 15.6. The van der Waals surface area contributed by atoms with Crippen LogP contribution in [0, 0.1) is 11.3 Å². The minimum atomic E-state index is 0.378. The highest BCUT2D eigenvalue weighted by molar-refractivity contribution is 9.10. The topological polar surface area (TPSA) is 20.3 Å². The van der Waals surface area contributed by atoms with E-state index in [1.165, 1.54) is 19.3 Å². The third-order valence-corrected chi connectivity index (χ3v) is 4.90. The fourth-order valence-corrected chi connectivity index (χ4v) is 3.49. The van der Waals surface area contributed by atoms with Gasteiger partial charge in [0.05, 0.1) is 0 Å². The quantitative estimate of drug-likeness (QED) is 0.714. The molecular formula is C17H24BrNO. The standard InChI is InChI=1S/C17H24BrNO/c1-17(2,3)14-5-4-9-19(10-8-14)16-7-6-15(18)11-13(16)12-20/h6-7,11-12,14H,4-5,8-10H2,1-3H3. The monoisotopic (exact) mass is 337 g/mol. The Hall–Kier alpha value is -0.830. The van der Waals surface area contributed by atoms with Crippen LogP contribution in [0.15, 0.2) is 22.7 Å². The van der Waals surface area contributed by atoms with E-state index >= 15 is 0 Å².